The molecule has 156 valence electrons. The number of fused-ring (bicyclic) bond motifs is 1. The van der Waals surface area contributed by atoms with E-state index in [1.54, 1.807) is 19.2 Å². The summed E-state index contributed by atoms with van der Waals surface area (Å²) in [6.45, 7) is 1.55. The first-order valence-corrected chi connectivity index (χ1v) is 11.2. The number of benzene rings is 1. The number of sulfonamides is 1. The van der Waals surface area contributed by atoms with Crippen molar-refractivity contribution >= 4 is 54.5 Å². The van der Waals surface area contributed by atoms with Gasteiger partial charge in [0.1, 0.15) is 17.7 Å². The molecule has 4 rings (SSSR count). The van der Waals surface area contributed by atoms with Crippen LogP contribution in [0.3, 0.4) is 0 Å². The van der Waals surface area contributed by atoms with Crippen molar-refractivity contribution in [2.45, 2.75) is 12.5 Å². The molecule has 0 amide bonds. The first kappa shape index (κ1) is 20.4. The lowest BCUT2D eigenvalue weighted by Gasteiger charge is -2.40. The Balaban J connectivity index is 1.74. The molecule has 0 unspecified atom stereocenters. The van der Waals surface area contributed by atoms with Crippen molar-refractivity contribution in [2.24, 2.45) is 0 Å². The van der Waals surface area contributed by atoms with Crippen LogP contribution in [0.4, 0.5) is 15.9 Å². The van der Waals surface area contributed by atoms with Crippen LogP contribution in [-0.4, -0.2) is 46.4 Å². The third-order valence-corrected chi connectivity index (χ3v) is 7.26. The van der Waals surface area contributed by atoms with Crippen molar-refractivity contribution in [3.8, 4) is 0 Å². The zero-order valence-electron chi connectivity index (χ0n) is 15.9. The quantitative estimate of drug-likeness (QED) is 0.512. The molecule has 9 nitrogen and oxygen atoms in total. The summed E-state index contributed by atoms with van der Waals surface area (Å²) >= 11 is 3.35. The SMILES string of the molecule is CN1C(=N)N[C@](C)(c2cc(Nc3ncnc4cc(Br)cnc34)ccc2F)CS1(=O)=O. The van der Waals surface area contributed by atoms with Crippen molar-refractivity contribution in [2.75, 3.05) is 18.1 Å². The van der Waals surface area contributed by atoms with Gasteiger partial charge >= 0.3 is 0 Å². The van der Waals surface area contributed by atoms with E-state index >= 15 is 0 Å². The van der Waals surface area contributed by atoms with Gasteiger partial charge in [-0.15, -0.1) is 0 Å². The molecule has 1 aromatic carbocycles. The van der Waals surface area contributed by atoms with E-state index in [1.165, 1.54) is 31.6 Å². The van der Waals surface area contributed by atoms with Crippen LogP contribution in [0.5, 0.6) is 0 Å². The van der Waals surface area contributed by atoms with Crippen molar-refractivity contribution in [3.63, 3.8) is 0 Å². The Bertz CT molecular complexity index is 1290. The van der Waals surface area contributed by atoms with E-state index in [4.69, 9.17) is 5.41 Å². The van der Waals surface area contributed by atoms with E-state index in [1.807, 2.05) is 0 Å². The Morgan fingerprint density at radius 2 is 2.07 bits per heavy atom. The predicted molar refractivity (Wildman–Crippen MR) is 114 cm³/mol. The molecule has 12 heteroatoms. The lowest BCUT2D eigenvalue weighted by molar-refractivity contribution is 0.403. The van der Waals surface area contributed by atoms with Gasteiger partial charge in [-0.3, -0.25) is 5.41 Å². The highest BCUT2D eigenvalue weighted by Crippen LogP contribution is 2.32. The number of anilines is 2. The summed E-state index contributed by atoms with van der Waals surface area (Å²) in [5.74, 6) is -0.881. The van der Waals surface area contributed by atoms with Crippen LogP contribution in [0, 0.1) is 11.2 Å². The smallest absolute Gasteiger partial charge is 0.239 e. The largest absolute Gasteiger partial charge is 0.345 e. The molecule has 0 bridgehead atoms. The topological polar surface area (TPSA) is 124 Å². The van der Waals surface area contributed by atoms with E-state index < -0.39 is 27.1 Å². The molecule has 1 aliphatic heterocycles. The maximum Gasteiger partial charge on any atom is 0.239 e. The Morgan fingerprint density at radius 1 is 1.30 bits per heavy atom. The van der Waals surface area contributed by atoms with E-state index in [9.17, 15) is 12.8 Å². The van der Waals surface area contributed by atoms with E-state index in [-0.39, 0.29) is 11.5 Å². The van der Waals surface area contributed by atoms with Crippen LogP contribution in [0.1, 0.15) is 12.5 Å². The Kier molecular flexibility index (Phi) is 4.85. The lowest BCUT2D eigenvalue weighted by Crippen LogP contribution is -2.61. The average molecular weight is 494 g/mol. The summed E-state index contributed by atoms with van der Waals surface area (Å²) in [5, 5.41) is 13.8. The van der Waals surface area contributed by atoms with Gasteiger partial charge in [-0.2, -0.15) is 0 Å². The highest BCUT2D eigenvalue weighted by Gasteiger charge is 2.43. The number of pyridine rings is 1. The summed E-state index contributed by atoms with van der Waals surface area (Å²) in [5.41, 5.74) is 0.429. The third kappa shape index (κ3) is 3.56. The van der Waals surface area contributed by atoms with Crippen LogP contribution in [0.2, 0.25) is 0 Å². The van der Waals surface area contributed by atoms with E-state index in [2.05, 4.69) is 41.5 Å². The molecule has 30 heavy (non-hydrogen) atoms. The van der Waals surface area contributed by atoms with Crippen molar-refractivity contribution < 1.29 is 12.8 Å². The van der Waals surface area contributed by atoms with Gasteiger partial charge in [0.05, 0.1) is 16.8 Å². The molecule has 0 aliphatic carbocycles. The summed E-state index contributed by atoms with van der Waals surface area (Å²) in [7, 11) is -2.48. The Morgan fingerprint density at radius 3 is 2.80 bits per heavy atom. The lowest BCUT2D eigenvalue weighted by atomic mass is 9.93. The maximum atomic E-state index is 14.7. The van der Waals surface area contributed by atoms with Crippen molar-refractivity contribution in [1.29, 1.82) is 5.41 Å². The number of halogens is 2. The highest BCUT2D eigenvalue weighted by atomic mass is 79.9. The van der Waals surface area contributed by atoms with Gasteiger partial charge in [-0.25, -0.2) is 32.1 Å². The Hall–Kier alpha value is -2.86. The zero-order chi connectivity index (χ0) is 21.7. The minimum absolute atomic E-state index is 0.114. The fourth-order valence-corrected chi connectivity index (χ4v) is 5.09. The Labute approximate surface area is 180 Å². The number of aromatic nitrogens is 3. The van der Waals surface area contributed by atoms with Crippen LogP contribution in [-0.2, 0) is 15.6 Å². The number of nitrogens with one attached hydrogen (secondary N) is 3. The van der Waals surface area contributed by atoms with E-state index in [0.29, 0.717) is 22.5 Å². The van der Waals surface area contributed by atoms with Crippen molar-refractivity contribution in [1.82, 2.24) is 24.6 Å². The van der Waals surface area contributed by atoms with E-state index in [0.717, 1.165) is 8.78 Å². The molecular formula is C18H17BrFN7O2S. The molecule has 1 saturated heterocycles. The minimum Gasteiger partial charge on any atom is -0.345 e. The summed E-state index contributed by atoms with van der Waals surface area (Å²) in [6.07, 6.45) is 3.00. The van der Waals surface area contributed by atoms with Crippen LogP contribution < -0.4 is 10.6 Å². The maximum absolute atomic E-state index is 14.7. The zero-order valence-corrected chi connectivity index (χ0v) is 18.3. The van der Waals surface area contributed by atoms with Gasteiger partial charge in [-0.05, 0) is 47.1 Å². The van der Waals surface area contributed by atoms with Gasteiger partial charge in [-0.1, -0.05) is 0 Å². The molecule has 0 radical (unpaired) electrons. The molecule has 0 spiro atoms. The molecule has 0 saturated carbocycles. The third-order valence-electron chi connectivity index (χ3n) is 4.86. The molecule has 1 fully saturated rings. The van der Waals surface area contributed by atoms with Gasteiger partial charge in [0.25, 0.3) is 0 Å². The summed E-state index contributed by atoms with van der Waals surface area (Å²) < 4.78 is 41.2. The molecular weight excluding hydrogens is 477 g/mol. The number of hydrogen-bond acceptors (Lipinski definition) is 7. The van der Waals surface area contributed by atoms with Gasteiger partial charge < -0.3 is 10.6 Å². The fraction of sp³-hybridized carbons (Fsp3) is 0.222. The van der Waals surface area contributed by atoms with Crippen LogP contribution in [0.25, 0.3) is 11.0 Å². The summed E-state index contributed by atoms with van der Waals surface area (Å²) in [6, 6.07) is 6.06. The molecule has 1 aliphatic rings. The molecule has 3 N–H and O–H groups in total. The minimum atomic E-state index is -3.76. The number of rotatable bonds is 3. The molecule has 3 aromatic rings. The number of nitrogens with zero attached hydrogens (tertiary/aromatic N) is 4. The van der Waals surface area contributed by atoms with Crippen LogP contribution >= 0.6 is 15.9 Å². The first-order chi connectivity index (χ1) is 14.1. The second-order valence-electron chi connectivity index (χ2n) is 7.09. The second-order valence-corrected chi connectivity index (χ2v) is 10.0. The molecule has 1 atom stereocenters. The second kappa shape index (κ2) is 7.13. The summed E-state index contributed by atoms with van der Waals surface area (Å²) in [4.78, 5) is 12.7. The molecule has 2 aromatic heterocycles. The number of guanidine groups is 1. The van der Waals surface area contributed by atoms with Gasteiger partial charge in [0, 0.05) is 29.0 Å². The number of hydrogen-bond donors (Lipinski definition) is 3. The van der Waals surface area contributed by atoms with Crippen molar-refractivity contribution in [3.05, 3.63) is 52.6 Å². The highest BCUT2D eigenvalue weighted by molar-refractivity contribution is 9.10. The first-order valence-electron chi connectivity index (χ1n) is 8.76. The van der Waals surface area contributed by atoms with Gasteiger partial charge in [0.15, 0.2) is 5.82 Å². The standard InChI is InChI=1S/C18H17BrFN7O2S/c1-18(8-30(28,29)27(2)17(21)26-18)12-6-11(3-4-13(12)20)25-16-15-14(23-9-24-16)5-10(19)7-22-15/h3-7,9H,8H2,1-2H3,(H2,21,26)(H,23,24,25)/t18-/m0/s1. The van der Waals surface area contributed by atoms with Gasteiger partial charge in [0.2, 0.25) is 16.0 Å². The predicted octanol–water partition coefficient (Wildman–Crippen LogP) is 2.68. The monoisotopic (exact) mass is 493 g/mol. The molecule has 3 heterocycles. The van der Waals surface area contributed by atoms with Crippen LogP contribution in [0.15, 0.2) is 41.3 Å². The average Bonchev–Trinajstić information content (AvgIpc) is 2.67. The fourth-order valence-electron chi connectivity index (χ4n) is 3.30. The normalized spacial score (nSPS) is 20.8.